The molecule has 7 heteroatoms. The van der Waals surface area contributed by atoms with Crippen LogP contribution in [0.4, 0.5) is 4.39 Å². The van der Waals surface area contributed by atoms with Crippen molar-refractivity contribution in [2.75, 3.05) is 0 Å². The summed E-state index contributed by atoms with van der Waals surface area (Å²) in [6.45, 7) is 3.95. The number of imidazole rings is 1. The zero-order chi connectivity index (χ0) is 15.1. The number of nitrogens with one attached hydrogen (secondary N) is 2. The Morgan fingerprint density at radius 1 is 1.29 bits per heavy atom. The quantitative estimate of drug-likeness (QED) is 0.750. The van der Waals surface area contributed by atoms with Crippen molar-refractivity contribution in [2.45, 2.75) is 20.4 Å². The van der Waals surface area contributed by atoms with Gasteiger partial charge in [0.25, 0.3) is 5.56 Å². The van der Waals surface area contributed by atoms with Gasteiger partial charge in [0.05, 0.1) is 5.56 Å². The minimum atomic E-state index is -0.563. The minimum absolute atomic E-state index is 0.160. The van der Waals surface area contributed by atoms with Crippen LogP contribution in [-0.4, -0.2) is 19.5 Å². The summed E-state index contributed by atoms with van der Waals surface area (Å²) in [5, 5.41) is 0. The molecule has 2 heterocycles. The number of aryl methyl sites for hydroxylation is 2. The zero-order valence-electron chi connectivity index (χ0n) is 11.5. The molecule has 2 aromatic heterocycles. The van der Waals surface area contributed by atoms with E-state index in [1.165, 1.54) is 10.6 Å². The van der Waals surface area contributed by atoms with E-state index in [0.29, 0.717) is 6.54 Å². The van der Waals surface area contributed by atoms with Crippen molar-refractivity contribution >= 4 is 11.2 Å². The largest absolute Gasteiger partial charge is 0.332 e. The molecule has 0 unspecified atom stereocenters. The molecular weight excluding hydrogens is 275 g/mol. The summed E-state index contributed by atoms with van der Waals surface area (Å²) in [6.07, 6.45) is 0. The average Bonchev–Trinajstić information content (AvgIpc) is 2.87. The van der Waals surface area contributed by atoms with E-state index in [1.807, 2.05) is 6.92 Å². The highest BCUT2D eigenvalue weighted by molar-refractivity contribution is 5.75. The second-order valence-electron chi connectivity index (χ2n) is 4.77. The van der Waals surface area contributed by atoms with Crippen LogP contribution in [-0.2, 0) is 6.54 Å². The third-order valence-corrected chi connectivity index (χ3v) is 3.33. The smallest absolute Gasteiger partial charge is 0.330 e. The molecule has 0 atom stereocenters. The molecule has 0 aliphatic rings. The lowest BCUT2D eigenvalue weighted by Crippen LogP contribution is -2.29. The van der Waals surface area contributed by atoms with Gasteiger partial charge in [-0.1, -0.05) is 11.6 Å². The second kappa shape index (κ2) is 4.69. The Morgan fingerprint density at radius 3 is 2.76 bits per heavy atom. The topological polar surface area (TPSA) is 83.5 Å². The van der Waals surface area contributed by atoms with Crippen LogP contribution in [0.25, 0.3) is 22.6 Å². The molecule has 0 radical (unpaired) electrons. The van der Waals surface area contributed by atoms with Gasteiger partial charge in [0, 0.05) is 6.54 Å². The SMILES string of the molecule is CCn1c(=O)[nH]c(=O)c2[nH]c(-c3cc(C)ccc3F)nc21. The van der Waals surface area contributed by atoms with Crippen molar-refractivity contribution < 1.29 is 4.39 Å². The van der Waals surface area contributed by atoms with E-state index in [0.717, 1.165) is 5.56 Å². The number of hydrogen-bond donors (Lipinski definition) is 2. The highest BCUT2D eigenvalue weighted by Gasteiger charge is 2.15. The monoisotopic (exact) mass is 288 g/mol. The van der Waals surface area contributed by atoms with Crippen LogP contribution in [0.3, 0.4) is 0 Å². The van der Waals surface area contributed by atoms with Gasteiger partial charge >= 0.3 is 5.69 Å². The summed E-state index contributed by atoms with van der Waals surface area (Å²) in [4.78, 5) is 32.8. The lowest BCUT2D eigenvalue weighted by Gasteiger charge is -2.01. The minimum Gasteiger partial charge on any atom is -0.332 e. The molecule has 0 saturated carbocycles. The summed E-state index contributed by atoms with van der Waals surface area (Å²) in [5.41, 5.74) is 0.424. The van der Waals surface area contributed by atoms with E-state index in [1.54, 1.807) is 19.1 Å². The summed E-state index contributed by atoms with van der Waals surface area (Å²) in [7, 11) is 0. The number of benzene rings is 1. The molecule has 0 amide bonds. The number of hydrogen-bond acceptors (Lipinski definition) is 3. The first kappa shape index (κ1) is 13.3. The molecule has 2 N–H and O–H groups in total. The van der Waals surface area contributed by atoms with Crippen LogP contribution in [0, 0.1) is 12.7 Å². The van der Waals surface area contributed by atoms with Gasteiger partial charge in [-0.05, 0) is 26.0 Å². The molecule has 1 aromatic carbocycles. The van der Waals surface area contributed by atoms with Gasteiger partial charge in [-0.15, -0.1) is 0 Å². The van der Waals surface area contributed by atoms with E-state index in [9.17, 15) is 14.0 Å². The fourth-order valence-corrected chi connectivity index (χ4v) is 2.28. The number of aromatic nitrogens is 4. The number of H-pyrrole nitrogens is 2. The highest BCUT2D eigenvalue weighted by Crippen LogP contribution is 2.22. The summed E-state index contributed by atoms with van der Waals surface area (Å²) < 4.78 is 15.3. The van der Waals surface area contributed by atoms with E-state index in [-0.39, 0.29) is 22.6 Å². The van der Waals surface area contributed by atoms with Crippen LogP contribution < -0.4 is 11.2 Å². The van der Waals surface area contributed by atoms with Crippen molar-refractivity contribution in [1.29, 1.82) is 0 Å². The van der Waals surface area contributed by atoms with E-state index in [2.05, 4.69) is 15.0 Å². The molecular formula is C14H13FN4O2. The molecule has 0 spiro atoms. The highest BCUT2D eigenvalue weighted by atomic mass is 19.1. The molecule has 0 aliphatic heterocycles. The molecule has 0 aliphatic carbocycles. The van der Waals surface area contributed by atoms with E-state index >= 15 is 0 Å². The van der Waals surface area contributed by atoms with E-state index in [4.69, 9.17) is 0 Å². The zero-order valence-corrected chi connectivity index (χ0v) is 11.5. The maximum absolute atomic E-state index is 13.9. The number of fused-ring (bicyclic) bond motifs is 1. The van der Waals surface area contributed by atoms with Crippen LogP contribution >= 0.6 is 0 Å². The van der Waals surface area contributed by atoms with Crippen molar-refractivity contribution in [3.05, 3.63) is 50.4 Å². The van der Waals surface area contributed by atoms with Crippen LogP contribution in [0.1, 0.15) is 12.5 Å². The average molecular weight is 288 g/mol. The second-order valence-corrected chi connectivity index (χ2v) is 4.77. The van der Waals surface area contributed by atoms with Gasteiger partial charge in [-0.2, -0.15) is 0 Å². The van der Waals surface area contributed by atoms with Gasteiger partial charge in [0.2, 0.25) is 0 Å². The third-order valence-electron chi connectivity index (χ3n) is 3.33. The van der Waals surface area contributed by atoms with Gasteiger partial charge < -0.3 is 4.98 Å². The van der Waals surface area contributed by atoms with Crippen LogP contribution in [0.5, 0.6) is 0 Å². The predicted molar refractivity (Wildman–Crippen MR) is 76.8 cm³/mol. The van der Waals surface area contributed by atoms with Crippen molar-refractivity contribution in [3.8, 4) is 11.4 Å². The molecule has 3 rings (SSSR count). The van der Waals surface area contributed by atoms with Crippen molar-refractivity contribution in [3.63, 3.8) is 0 Å². The molecule has 0 fully saturated rings. The Hall–Kier alpha value is -2.70. The Labute approximate surface area is 118 Å². The number of halogens is 1. The normalized spacial score (nSPS) is 11.2. The number of rotatable bonds is 2. The Morgan fingerprint density at radius 2 is 2.05 bits per heavy atom. The van der Waals surface area contributed by atoms with Crippen molar-refractivity contribution in [1.82, 2.24) is 19.5 Å². The summed E-state index contributed by atoms with van der Waals surface area (Å²) in [5.74, 6) is -0.217. The Bertz CT molecular complexity index is 952. The maximum atomic E-state index is 13.9. The lowest BCUT2D eigenvalue weighted by molar-refractivity contribution is 0.630. The standard InChI is InChI=1S/C14H13FN4O2/c1-3-19-12-10(13(20)18-14(19)21)16-11(17-12)8-6-7(2)4-5-9(8)15/h4-6H,3H2,1-2H3,(H,16,17)(H,18,20,21). The molecule has 0 bridgehead atoms. The first-order chi connectivity index (χ1) is 10.0. The molecule has 3 aromatic rings. The predicted octanol–water partition coefficient (Wildman–Crippen LogP) is 1.55. The first-order valence-corrected chi connectivity index (χ1v) is 6.50. The van der Waals surface area contributed by atoms with E-state index < -0.39 is 17.1 Å². The fourth-order valence-electron chi connectivity index (χ4n) is 2.28. The van der Waals surface area contributed by atoms with Gasteiger partial charge in [0.1, 0.15) is 17.2 Å². The van der Waals surface area contributed by atoms with Gasteiger partial charge in [-0.3, -0.25) is 14.3 Å². The maximum Gasteiger partial charge on any atom is 0.330 e. The number of nitrogens with zero attached hydrogens (tertiary/aromatic N) is 2. The lowest BCUT2D eigenvalue weighted by atomic mass is 10.1. The Balaban J connectivity index is 2.36. The Kier molecular flexibility index (Phi) is 2.97. The van der Waals surface area contributed by atoms with Gasteiger partial charge in [-0.25, -0.2) is 14.2 Å². The van der Waals surface area contributed by atoms with Crippen molar-refractivity contribution in [2.24, 2.45) is 0 Å². The molecule has 21 heavy (non-hydrogen) atoms. The number of aromatic amines is 2. The van der Waals surface area contributed by atoms with Crippen LogP contribution in [0.2, 0.25) is 0 Å². The molecule has 6 nitrogen and oxygen atoms in total. The summed E-state index contributed by atoms with van der Waals surface area (Å²) in [6, 6.07) is 4.63. The summed E-state index contributed by atoms with van der Waals surface area (Å²) >= 11 is 0. The third kappa shape index (κ3) is 2.06. The fraction of sp³-hybridized carbons (Fsp3) is 0.214. The van der Waals surface area contributed by atoms with Crippen LogP contribution in [0.15, 0.2) is 27.8 Å². The molecule has 0 saturated heterocycles. The van der Waals surface area contributed by atoms with Gasteiger partial charge in [0.15, 0.2) is 5.65 Å². The first-order valence-electron chi connectivity index (χ1n) is 6.50. The molecule has 108 valence electrons.